The Balaban J connectivity index is 1.52. The molecule has 0 spiro atoms. The van der Waals surface area contributed by atoms with Gasteiger partial charge in [0.1, 0.15) is 5.82 Å². The molecule has 1 heterocycles. The SMILES string of the molecule is CCCCC1CCC(CCc2ccc(-c3ccc(OCC)nn3)cc2F)CC1. The minimum atomic E-state index is -0.134. The fourth-order valence-corrected chi connectivity index (χ4v) is 4.27. The molecule has 3 nitrogen and oxygen atoms in total. The van der Waals surface area contributed by atoms with Gasteiger partial charge in [-0.1, -0.05) is 64.0 Å². The molecular formula is C24H33FN2O. The van der Waals surface area contributed by atoms with E-state index in [1.807, 2.05) is 25.1 Å². The fourth-order valence-electron chi connectivity index (χ4n) is 4.27. The molecule has 0 bridgehead atoms. The maximum absolute atomic E-state index is 14.6. The molecule has 0 saturated heterocycles. The number of halogens is 1. The molecule has 0 radical (unpaired) electrons. The average molecular weight is 385 g/mol. The molecule has 3 rings (SSSR count). The van der Waals surface area contributed by atoms with Crippen LogP contribution in [0.3, 0.4) is 0 Å². The normalized spacial score (nSPS) is 19.5. The maximum Gasteiger partial charge on any atom is 0.233 e. The van der Waals surface area contributed by atoms with E-state index in [2.05, 4.69) is 17.1 Å². The highest BCUT2D eigenvalue weighted by atomic mass is 19.1. The van der Waals surface area contributed by atoms with E-state index in [1.165, 1.54) is 44.9 Å². The summed E-state index contributed by atoms with van der Waals surface area (Å²) >= 11 is 0. The topological polar surface area (TPSA) is 35.0 Å². The van der Waals surface area contributed by atoms with E-state index in [4.69, 9.17) is 4.74 Å². The number of rotatable bonds is 9. The van der Waals surface area contributed by atoms with Gasteiger partial charge in [0, 0.05) is 11.6 Å². The molecule has 0 amide bonds. The highest BCUT2D eigenvalue weighted by molar-refractivity contribution is 5.59. The van der Waals surface area contributed by atoms with E-state index in [9.17, 15) is 4.39 Å². The molecule has 0 N–H and O–H groups in total. The Morgan fingerprint density at radius 1 is 0.964 bits per heavy atom. The number of hydrogen-bond donors (Lipinski definition) is 0. The van der Waals surface area contributed by atoms with Crippen LogP contribution in [0.15, 0.2) is 30.3 Å². The number of benzene rings is 1. The largest absolute Gasteiger partial charge is 0.477 e. The van der Waals surface area contributed by atoms with Crippen LogP contribution < -0.4 is 4.74 Å². The third-order valence-electron chi connectivity index (χ3n) is 6.04. The van der Waals surface area contributed by atoms with Gasteiger partial charge in [0.15, 0.2) is 0 Å². The first-order valence-corrected chi connectivity index (χ1v) is 10.9. The molecule has 1 saturated carbocycles. The Morgan fingerprint density at radius 3 is 2.32 bits per heavy atom. The van der Waals surface area contributed by atoms with Crippen molar-refractivity contribution in [1.82, 2.24) is 10.2 Å². The highest BCUT2D eigenvalue weighted by Gasteiger charge is 2.21. The second-order valence-corrected chi connectivity index (χ2v) is 8.06. The second kappa shape index (κ2) is 10.5. The quantitative estimate of drug-likeness (QED) is 0.488. The molecule has 0 unspecified atom stereocenters. The third kappa shape index (κ3) is 5.76. The summed E-state index contributed by atoms with van der Waals surface area (Å²) in [6, 6.07) is 9.04. The molecule has 1 aromatic heterocycles. The molecule has 1 aliphatic rings. The van der Waals surface area contributed by atoms with Gasteiger partial charge in [0.2, 0.25) is 5.88 Å². The van der Waals surface area contributed by atoms with Crippen LogP contribution in [0.1, 0.15) is 70.8 Å². The monoisotopic (exact) mass is 384 g/mol. The molecule has 1 fully saturated rings. The molecule has 1 aromatic carbocycles. The first-order valence-electron chi connectivity index (χ1n) is 10.9. The van der Waals surface area contributed by atoms with Gasteiger partial charge in [-0.05, 0) is 49.3 Å². The molecular weight excluding hydrogens is 351 g/mol. The van der Waals surface area contributed by atoms with E-state index in [1.54, 1.807) is 12.1 Å². The van der Waals surface area contributed by atoms with E-state index >= 15 is 0 Å². The molecule has 2 aromatic rings. The number of aryl methyl sites for hydroxylation is 1. The standard InChI is InChI=1S/C24H33FN2O/c1-3-5-6-18-7-9-19(10-8-18)11-12-20-13-14-21(17-22(20)25)23-15-16-24(27-26-23)28-4-2/h13-19H,3-12H2,1-2H3. The lowest BCUT2D eigenvalue weighted by atomic mass is 9.78. The zero-order chi connectivity index (χ0) is 19.8. The van der Waals surface area contributed by atoms with Crippen LogP contribution in [-0.2, 0) is 6.42 Å². The van der Waals surface area contributed by atoms with Crippen LogP contribution in [0.2, 0.25) is 0 Å². The van der Waals surface area contributed by atoms with E-state index < -0.39 is 0 Å². The van der Waals surface area contributed by atoms with Crippen LogP contribution >= 0.6 is 0 Å². The smallest absolute Gasteiger partial charge is 0.233 e. The van der Waals surface area contributed by atoms with E-state index in [0.717, 1.165) is 35.8 Å². The van der Waals surface area contributed by atoms with Gasteiger partial charge in [0.25, 0.3) is 0 Å². The minimum Gasteiger partial charge on any atom is -0.477 e. The summed E-state index contributed by atoms with van der Waals surface area (Å²) in [5.41, 5.74) is 2.24. The van der Waals surface area contributed by atoms with Gasteiger partial charge in [-0.3, -0.25) is 0 Å². The predicted octanol–water partition coefficient (Wildman–Crippen LogP) is 6.61. The van der Waals surface area contributed by atoms with Gasteiger partial charge < -0.3 is 4.74 Å². The first kappa shape index (κ1) is 20.8. The third-order valence-corrected chi connectivity index (χ3v) is 6.04. The summed E-state index contributed by atoms with van der Waals surface area (Å²) in [5, 5.41) is 8.17. The van der Waals surface area contributed by atoms with Crippen molar-refractivity contribution in [2.24, 2.45) is 11.8 Å². The summed E-state index contributed by atoms with van der Waals surface area (Å²) in [4.78, 5) is 0. The second-order valence-electron chi connectivity index (χ2n) is 8.06. The van der Waals surface area contributed by atoms with Crippen molar-refractivity contribution in [2.45, 2.75) is 71.6 Å². The first-order chi connectivity index (χ1) is 13.7. The van der Waals surface area contributed by atoms with Crippen molar-refractivity contribution in [3.05, 3.63) is 41.7 Å². The number of hydrogen-bond acceptors (Lipinski definition) is 3. The highest BCUT2D eigenvalue weighted by Crippen LogP contribution is 2.34. The Morgan fingerprint density at radius 2 is 1.71 bits per heavy atom. The maximum atomic E-state index is 14.6. The van der Waals surface area contributed by atoms with Gasteiger partial charge in [-0.15, -0.1) is 10.2 Å². The molecule has 0 aliphatic heterocycles. The predicted molar refractivity (Wildman–Crippen MR) is 112 cm³/mol. The summed E-state index contributed by atoms with van der Waals surface area (Å²) in [6.07, 6.45) is 11.3. The van der Waals surface area contributed by atoms with Crippen molar-refractivity contribution in [3.8, 4) is 17.1 Å². The van der Waals surface area contributed by atoms with E-state index in [0.29, 0.717) is 18.2 Å². The Bertz CT molecular complexity index is 724. The molecule has 0 atom stereocenters. The van der Waals surface area contributed by atoms with Crippen molar-refractivity contribution in [2.75, 3.05) is 6.61 Å². The molecule has 28 heavy (non-hydrogen) atoms. The fraction of sp³-hybridized carbons (Fsp3) is 0.583. The Kier molecular flexibility index (Phi) is 7.81. The summed E-state index contributed by atoms with van der Waals surface area (Å²) in [5.74, 6) is 2.05. The number of nitrogens with zero attached hydrogens (tertiary/aromatic N) is 2. The molecule has 1 aliphatic carbocycles. The number of ether oxygens (including phenoxy) is 1. The van der Waals surface area contributed by atoms with Crippen molar-refractivity contribution in [1.29, 1.82) is 0 Å². The van der Waals surface area contributed by atoms with E-state index in [-0.39, 0.29) is 5.82 Å². The number of unbranched alkanes of at least 4 members (excludes halogenated alkanes) is 1. The van der Waals surface area contributed by atoms with Crippen LogP contribution in [0.25, 0.3) is 11.3 Å². The minimum absolute atomic E-state index is 0.134. The van der Waals surface area contributed by atoms with Gasteiger partial charge in [-0.25, -0.2) is 4.39 Å². The lowest BCUT2D eigenvalue weighted by Gasteiger charge is -2.28. The summed E-state index contributed by atoms with van der Waals surface area (Å²) < 4.78 is 19.9. The van der Waals surface area contributed by atoms with Crippen LogP contribution in [0.4, 0.5) is 4.39 Å². The van der Waals surface area contributed by atoms with Gasteiger partial charge >= 0.3 is 0 Å². The van der Waals surface area contributed by atoms with Crippen molar-refractivity contribution in [3.63, 3.8) is 0 Å². The van der Waals surface area contributed by atoms with Gasteiger partial charge in [0.05, 0.1) is 12.3 Å². The lowest BCUT2D eigenvalue weighted by molar-refractivity contribution is 0.249. The summed E-state index contributed by atoms with van der Waals surface area (Å²) in [7, 11) is 0. The lowest BCUT2D eigenvalue weighted by Crippen LogP contribution is -2.15. The summed E-state index contributed by atoms with van der Waals surface area (Å²) in [6.45, 7) is 4.73. The van der Waals surface area contributed by atoms with Crippen molar-refractivity contribution < 1.29 is 9.13 Å². The van der Waals surface area contributed by atoms with Crippen LogP contribution in [0, 0.1) is 17.7 Å². The number of aromatic nitrogens is 2. The average Bonchev–Trinajstić information content (AvgIpc) is 2.73. The van der Waals surface area contributed by atoms with Crippen LogP contribution in [0.5, 0.6) is 5.88 Å². The van der Waals surface area contributed by atoms with Crippen molar-refractivity contribution >= 4 is 0 Å². The van der Waals surface area contributed by atoms with Crippen LogP contribution in [-0.4, -0.2) is 16.8 Å². The molecule has 152 valence electrons. The van der Waals surface area contributed by atoms with Gasteiger partial charge in [-0.2, -0.15) is 0 Å². The molecule has 4 heteroatoms. The Labute approximate surface area is 168 Å². The Hall–Kier alpha value is -1.97. The zero-order valence-electron chi connectivity index (χ0n) is 17.3. The zero-order valence-corrected chi connectivity index (χ0v) is 17.3.